The van der Waals surface area contributed by atoms with E-state index in [9.17, 15) is 4.79 Å². The number of methoxy groups -OCH3 is 1. The summed E-state index contributed by atoms with van der Waals surface area (Å²) in [5.41, 5.74) is 1.94. The van der Waals surface area contributed by atoms with Crippen LogP contribution >= 0.6 is 22.9 Å². The number of aromatic nitrogens is 2. The first-order valence-electron chi connectivity index (χ1n) is 8.98. The van der Waals surface area contributed by atoms with Gasteiger partial charge >= 0.3 is 6.03 Å². The number of rotatable bonds is 6. The molecule has 0 spiro atoms. The van der Waals surface area contributed by atoms with Crippen LogP contribution in [-0.2, 0) is 6.42 Å². The van der Waals surface area contributed by atoms with E-state index in [4.69, 9.17) is 20.9 Å². The number of nitrogens with zero attached hydrogens (tertiary/aromatic N) is 2. The van der Waals surface area contributed by atoms with Crippen LogP contribution in [0.3, 0.4) is 0 Å². The number of carbonyl (C=O) groups is 1. The fraction of sp³-hybridized carbons (Fsp3) is 0.0952. The van der Waals surface area contributed by atoms with Gasteiger partial charge in [-0.15, -0.1) is 11.3 Å². The summed E-state index contributed by atoms with van der Waals surface area (Å²) in [4.78, 5) is 17.9. The lowest BCUT2D eigenvalue weighted by atomic mass is 10.1. The molecular formula is C21H17ClN4O3S. The summed E-state index contributed by atoms with van der Waals surface area (Å²) in [6.45, 7) is 0. The second-order valence-corrected chi connectivity index (χ2v) is 7.63. The molecule has 152 valence electrons. The predicted molar refractivity (Wildman–Crippen MR) is 118 cm³/mol. The third-order valence-corrected chi connectivity index (χ3v) is 5.33. The van der Waals surface area contributed by atoms with Gasteiger partial charge in [0.15, 0.2) is 0 Å². The Bertz CT molecular complexity index is 1160. The fourth-order valence-corrected chi connectivity index (χ4v) is 3.67. The maximum absolute atomic E-state index is 12.6. The minimum Gasteiger partial charge on any atom is -0.495 e. The lowest BCUT2D eigenvalue weighted by molar-refractivity contribution is 0.262. The summed E-state index contributed by atoms with van der Waals surface area (Å²) >= 11 is 7.56. The number of halogens is 1. The SMILES string of the molecule is COc1ccc(Cl)cc1NC(=O)Nc1ccccc1Cc1nc(-c2cccs2)no1. The zero-order valence-electron chi connectivity index (χ0n) is 15.9. The molecule has 0 atom stereocenters. The Balaban J connectivity index is 1.48. The van der Waals surface area contributed by atoms with Gasteiger partial charge in [-0.1, -0.05) is 41.0 Å². The summed E-state index contributed by atoms with van der Waals surface area (Å²) in [5, 5.41) is 12.1. The van der Waals surface area contributed by atoms with Crippen molar-refractivity contribution in [3.05, 3.63) is 76.5 Å². The number of benzene rings is 2. The third kappa shape index (κ3) is 4.61. The summed E-state index contributed by atoms with van der Waals surface area (Å²) in [6, 6.07) is 15.9. The number of urea groups is 1. The summed E-state index contributed by atoms with van der Waals surface area (Å²) in [6.07, 6.45) is 0.384. The highest BCUT2D eigenvalue weighted by molar-refractivity contribution is 7.13. The monoisotopic (exact) mass is 440 g/mol. The van der Waals surface area contributed by atoms with Gasteiger partial charge in [0.1, 0.15) is 5.75 Å². The topological polar surface area (TPSA) is 89.3 Å². The van der Waals surface area contributed by atoms with Crippen LogP contribution in [0.25, 0.3) is 10.7 Å². The van der Waals surface area contributed by atoms with E-state index in [1.54, 1.807) is 35.6 Å². The van der Waals surface area contributed by atoms with E-state index in [1.165, 1.54) is 7.11 Å². The first-order chi connectivity index (χ1) is 14.6. The fourth-order valence-electron chi connectivity index (χ4n) is 2.85. The average Bonchev–Trinajstić information content (AvgIpc) is 3.41. The number of amides is 2. The molecule has 9 heteroatoms. The number of nitrogens with one attached hydrogen (secondary N) is 2. The van der Waals surface area contributed by atoms with E-state index < -0.39 is 6.03 Å². The van der Waals surface area contributed by atoms with E-state index in [0.29, 0.717) is 40.3 Å². The van der Waals surface area contributed by atoms with E-state index in [-0.39, 0.29) is 0 Å². The predicted octanol–water partition coefficient (Wildman–Crippen LogP) is 5.69. The van der Waals surface area contributed by atoms with Gasteiger partial charge in [-0.05, 0) is 41.3 Å². The van der Waals surface area contributed by atoms with Crippen molar-refractivity contribution in [2.75, 3.05) is 17.7 Å². The highest BCUT2D eigenvalue weighted by atomic mass is 35.5. The third-order valence-electron chi connectivity index (χ3n) is 4.23. The zero-order valence-corrected chi connectivity index (χ0v) is 17.5. The maximum atomic E-state index is 12.6. The van der Waals surface area contributed by atoms with Crippen LogP contribution in [-0.4, -0.2) is 23.3 Å². The van der Waals surface area contributed by atoms with Crippen molar-refractivity contribution in [3.63, 3.8) is 0 Å². The number of para-hydroxylation sites is 1. The number of carbonyl (C=O) groups excluding carboxylic acids is 1. The smallest absolute Gasteiger partial charge is 0.323 e. The standard InChI is InChI=1S/C21H17ClN4O3S/c1-28-17-9-8-14(22)12-16(17)24-21(27)23-15-6-3-2-5-13(15)11-19-25-20(26-29-19)18-7-4-10-30-18/h2-10,12H,11H2,1H3,(H2,23,24,27). The largest absolute Gasteiger partial charge is 0.495 e. The molecule has 0 fully saturated rings. The molecule has 0 aliphatic carbocycles. The molecule has 7 nitrogen and oxygen atoms in total. The molecule has 0 aliphatic rings. The maximum Gasteiger partial charge on any atom is 0.323 e. The Morgan fingerprint density at radius 3 is 2.77 bits per heavy atom. The Morgan fingerprint density at radius 2 is 1.97 bits per heavy atom. The van der Waals surface area contributed by atoms with Crippen LogP contribution in [0.1, 0.15) is 11.5 Å². The number of anilines is 2. The van der Waals surface area contributed by atoms with Gasteiger partial charge in [0.25, 0.3) is 0 Å². The molecule has 0 saturated heterocycles. The molecule has 2 aromatic carbocycles. The molecule has 0 saturated carbocycles. The van der Waals surface area contributed by atoms with Gasteiger partial charge in [0.05, 0.1) is 24.1 Å². The Hall–Kier alpha value is -3.36. The second-order valence-electron chi connectivity index (χ2n) is 6.25. The summed E-state index contributed by atoms with van der Waals surface area (Å²) in [5.74, 6) is 1.52. The number of ether oxygens (including phenoxy) is 1. The van der Waals surface area contributed by atoms with E-state index >= 15 is 0 Å². The minimum atomic E-state index is -0.423. The first-order valence-corrected chi connectivity index (χ1v) is 10.2. The molecule has 0 radical (unpaired) electrons. The van der Waals surface area contributed by atoms with Crippen LogP contribution in [0.4, 0.5) is 16.2 Å². The zero-order chi connectivity index (χ0) is 20.9. The van der Waals surface area contributed by atoms with Gasteiger partial charge in [0.2, 0.25) is 11.7 Å². The summed E-state index contributed by atoms with van der Waals surface area (Å²) in [7, 11) is 1.52. The number of hydrogen-bond donors (Lipinski definition) is 2. The highest BCUT2D eigenvalue weighted by Crippen LogP contribution is 2.28. The normalized spacial score (nSPS) is 10.6. The van der Waals surface area contributed by atoms with Gasteiger partial charge in [-0.3, -0.25) is 0 Å². The summed E-state index contributed by atoms with van der Waals surface area (Å²) < 4.78 is 10.6. The molecule has 2 amide bonds. The Kier molecular flexibility index (Phi) is 5.97. The number of thiophene rings is 1. The quantitative estimate of drug-likeness (QED) is 0.401. The van der Waals surface area contributed by atoms with Crippen molar-refractivity contribution >= 4 is 40.3 Å². The van der Waals surface area contributed by atoms with Crippen molar-refractivity contribution in [1.29, 1.82) is 0 Å². The lowest BCUT2D eigenvalue weighted by Gasteiger charge is -2.13. The van der Waals surface area contributed by atoms with Gasteiger partial charge in [-0.25, -0.2) is 4.79 Å². The van der Waals surface area contributed by atoms with Gasteiger partial charge in [0, 0.05) is 10.7 Å². The molecule has 2 N–H and O–H groups in total. The Labute approximate surface area is 181 Å². The highest BCUT2D eigenvalue weighted by Gasteiger charge is 2.14. The molecule has 0 unspecified atom stereocenters. The van der Waals surface area contributed by atoms with E-state index in [1.807, 2.05) is 35.7 Å². The van der Waals surface area contributed by atoms with Gasteiger partial charge in [-0.2, -0.15) is 4.98 Å². The molecule has 2 heterocycles. The molecular weight excluding hydrogens is 424 g/mol. The molecule has 4 rings (SSSR count). The molecule has 2 aromatic heterocycles. The van der Waals surface area contributed by atoms with Crippen molar-refractivity contribution in [1.82, 2.24) is 10.1 Å². The van der Waals surface area contributed by atoms with Crippen LogP contribution in [0.15, 0.2) is 64.5 Å². The van der Waals surface area contributed by atoms with E-state index in [2.05, 4.69) is 20.8 Å². The molecule has 30 heavy (non-hydrogen) atoms. The van der Waals surface area contributed by atoms with Gasteiger partial charge < -0.3 is 19.9 Å². The molecule has 0 bridgehead atoms. The van der Waals surface area contributed by atoms with Crippen molar-refractivity contribution in [2.24, 2.45) is 0 Å². The van der Waals surface area contributed by atoms with Crippen LogP contribution in [0, 0.1) is 0 Å². The Morgan fingerprint density at radius 1 is 1.13 bits per heavy atom. The van der Waals surface area contributed by atoms with Crippen molar-refractivity contribution in [2.45, 2.75) is 6.42 Å². The van der Waals surface area contributed by atoms with E-state index in [0.717, 1.165) is 10.4 Å². The van der Waals surface area contributed by atoms with Crippen LogP contribution in [0.2, 0.25) is 5.02 Å². The average molecular weight is 441 g/mol. The molecule has 0 aliphatic heterocycles. The molecule has 4 aromatic rings. The first kappa shape index (κ1) is 19.9. The minimum absolute atomic E-state index is 0.384. The lowest BCUT2D eigenvalue weighted by Crippen LogP contribution is -2.20. The number of hydrogen-bond acceptors (Lipinski definition) is 6. The second kappa shape index (κ2) is 8.98. The van der Waals surface area contributed by atoms with Crippen molar-refractivity contribution in [3.8, 4) is 16.5 Å². The van der Waals surface area contributed by atoms with Crippen molar-refractivity contribution < 1.29 is 14.1 Å². The van der Waals surface area contributed by atoms with Crippen LogP contribution < -0.4 is 15.4 Å². The van der Waals surface area contributed by atoms with Crippen LogP contribution in [0.5, 0.6) is 5.75 Å².